The lowest BCUT2D eigenvalue weighted by Crippen LogP contribution is -2.23. The minimum absolute atomic E-state index is 0.0290. The molecule has 0 aliphatic carbocycles. The van der Waals surface area contributed by atoms with Gasteiger partial charge in [0.25, 0.3) is 0 Å². The lowest BCUT2D eigenvalue weighted by molar-refractivity contribution is -0.137. The highest BCUT2D eigenvalue weighted by Gasteiger charge is 2.35. The Balaban J connectivity index is 1.55. The van der Waals surface area contributed by atoms with E-state index in [1.807, 2.05) is 6.92 Å². The summed E-state index contributed by atoms with van der Waals surface area (Å²) in [7, 11) is 0. The van der Waals surface area contributed by atoms with E-state index in [2.05, 4.69) is 0 Å². The molecule has 1 atom stereocenters. The fourth-order valence-corrected chi connectivity index (χ4v) is 4.20. The summed E-state index contributed by atoms with van der Waals surface area (Å²) in [6.45, 7) is 2.56. The maximum absolute atomic E-state index is 13.1. The third-order valence-electron chi connectivity index (χ3n) is 5.13. The zero-order chi connectivity index (χ0) is 23.0. The Bertz CT molecular complexity index is 1090. The maximum Gasteiger partial charge on any atom is 0.417 e. The molecule has 2 aliphatic rings. The van der Waals surface area contributed by atoms with Crippen LogP contribution in [0.1, 0.15) is 30.0 Å². The second-order valence-electron chi connectivity index (χ2n) is 7.18. The molecular formula is C22H18Cl2F3NO4. The quantitative estimate of drug-likeness (QED) is 0.472. The van der Waals surface area contributed by atoms with Crippen molar-refractivity contribution in [3.8, 4) is 0 Å². The highest BCUT2D eigenvalue weighted by atomic mass is 35.5. The molecule has 1 fully saturated rings. The van der Waals surface area contributed by atoms with E-state index in [9.17, 15) is 18.0 Å². The number of halogens is 5. The van der Waals surface area contributed by atoms with E-state index in [1.165, 1.54) is 17.0 Å². The summed E-state index contributed by atoms with van der Waals surface area (Å²) in [6, 6.07) is 8.82. The van der Waals surface area contributed by atoms with Crippen molar-refractivity contribution in [1.82, 2.24) is 0 Å². The number of nitrogens with zero attached hydrogens (tertiary/aromatic N) is 1. The summed E-state index contributed by atoms with van der Waals surface area (Å²) in [5, 5.41) is -0.0409. The van der Waals surface area contributed by atoms with Gasteiger partial charge in [-0.25, -0.2) is 4.79 Å². The van der Waals surface area contributed by atoms with E-state index in [-0.39, 0.29) is 17.0 Å². The van der Waals surface area contributed by atoms with E-state index < -0.39 is 24.1 Å². The fourth-order valence-electron chi connectivity index (χ4n) is 3.60. The molecule has 0 aromatic heterocycles. The van der Waals surface area contributed by atoms with Crippen molar-refractivity contribution >= 4 is 40.7 Å². The SMILES string of the molecule is CCC1=C(c2ccc(N3CCOC3=O)c(Cl)c2)OC(Cc2cccc(C(F)(F)F)c2Cl)O1. The molecule has 32 heavy (non-hydrogen) atoms. The summed E-state index contributed by atoms with van der Waals surface area (Å²) in [5.41, 5.74) is 0.508. The third-order valence-corrected chi connectivity index (χ3v) is 5.88. The minimum Gasteiger partial charge on any atom is -0.455 e. The first kappa shape index (κ1) is 22.6. The minimum atomic E-state index is -4.55. The highest BCUT2D eigenvalue weighted by molar-refractivity contribution is 6.34. The molecule has 10 heteroatoms. The van der Waals surface area contributed by atoms with Crippen LogP contribution in [0.3, 0.4) is 0 Å². The van der Waals surface area contributed by atoms with Crippen molar-refractivity contribution < 1.29 is 32.2 Å². The van der Waals surface area contributed by atoms with E-state index in [0.717, 1.165) is 6.07 Å². The first-order chi connectivity index (χ1) is 15.2. The van der Waals surface area contributed by atoms with Crippen LogP contribution in [0.4, 0.5) is 23.7 Å². The first-order valence-corrected chi connectivity index (χ1v) is 10.6. The van der Waals surface area contributed by atoms with Gasteiger partial charge < -0.3 is 14.2 Å². The predicted molar refractivity (Wildman–Crippen MR) is 113 cm³/mol. The molecule has 2 aliphatic heterocycles. The molecule has 170 valence electrons. The second kappa shape index (κ2) is 8.75. The average molecular weight is 488 g/mol. The van der Waals surface area contributed by atoms with Crippen molar-refractivity contribution in [3.05, 3.63) is 68.9 Å². The Hall–Kier alpha value is -2.58. The number of alkyl halides is 3. The van der Waals surface area contributed by atoms with Gasteiger partial charge >= 0.3 is 12.3 Å². The number of ether oxygens (including phenoxy) is 3. The predicted octanol–water partition coefficient (Wildman–Crippen LogP) is 6.66. The van der Waals surface area contributed by atoms with Gasteiger partial charge in [-0.2, -0.15) is 13.2 Å². The maximum atomic E-state index is 13.1. The van der Waals surface area contributed by atoms with Crippen LogP contribution in [0.15, 0.2) is 42.2 Å². The van der Waals surface area contributed by atoms with Gasteiger partial charge in [0.15, 0.2) is 5.76 Å². The van der Waals surface area contributed by atoms with Crippen LogP contribution < -0.4 is 4.90 Å². The van der Waals surface area contributed by atoms with Crippen LogP contribution in [-0.4, -0.2) is 25.5 Å². The van der Waals surface area contributed by atoms with Crippen molar-refractivity contribution in [1.29, 1.82) is 0 Å². The van der Waals surface area contributed by atoms with Crippen LogP contribution in [0.2, 0.25) is 10.0 Å². The molecule has 2 aromatic carbocycles. The van der Waals surface area contributed by atoms with E-state index in [1.54, 1.807) is 18.2 Å². The number of carbonyl (C=O) groups is 1. The smallest absolute Gasteiger partial charge is 0.417 e. The molecule has 2 aromatic rings. The Kier molecular flexibility index (Phi) is 6.18. The number of carbonyl (C=O) groups excluding carboxylic acids is 1. The van der Waals surface area contributed by atoms with Crippen molar-refractivity contribution in [2.45, 2.75) is 32.2 Å². The summed E-state index contributed by atoms with van der Waals surface area (Å²) < 4.78 is 56.2. The average Bonchev–Trinajstić information content (AvgIpc) is 3.34. The summed E-state index contributed by atoms with van der Waals surface area (Å²) in [4.78, 5) is 13.2. The summed E-state index contributed by atoms with van der Waals surface area (Å²) >= 11 is 12.4. The molecule has 0 saturated carbocycles. The third kappa shape index (κ3) is 4.34. The van der Waals surface area contributed by atoms with Crippen LogP contribution in [-0.2, 0) is 26.8 Å². The second-order valence-corrected chi connectivity index (χ2v) is 7.97. The van der Waals surface area contributed by atoms with Gasteiger partial charge in [0, 0.05) is 18.4 Å². The summed E-state index contributed by atoms with van der Waals surface area (Å²) in [6.07, 6.45) is -5.33. The molecule has 1 saturated heterocycles. The molecule has 1 unspecified atom stereocenters. The lowest BCUT2D eigenvalue weighted by Gasteiger charge is -2.17. The number of cyclic esters (lactones) is 1. The Morgan fingerprint density at radius 2 is 1.94 bits per heavy atom. The van der Waals surface area contributed by atoms with E-state index >= 15 is 0 Å². The first-order valence-electron chi connectivity index (χ1n) is 9.84. The van der Waals surface area contributed by atoms with Crippen LogP contribution in [0.25, 0.3) is 5.76 Å². The molecule has 0 spiro atoms. The van der Waals surface area contributed by atoms with E-state index in [4.69, 9.17) is 37.4 Å². The van der Waals surface area contributed by atoms with Gasteiger partial charge in [-0.05, 0) is 29.8 Å². The van der Waals surface area contributed by atoms with Gasteiger partial charge in [-0.15, -0.1) is 0 Å². The van der Waals surface area contributed by atoms with Gasteiger partial charge in [-0.1, -0.05) is 42.3 Å². The molecule has 0 N–H and O–H groups in total. The summed E-state index contributed by atoms with van der Waals surface area (Å²) in [5.74, 6) is 0.987. The topological polar surface area (TPSA) is 48.0 Å². The van der Waals surface area contributed by atoms with Crippen molar-refractivity contribution in [3.63, 3.8) is 0 Å². The number of benzene rings is 2. The van der Waals surface area contributed by atoms with Crippen LogP contribution >= 0.6 is 23.2 Å². The van der Waals surface area contributed by atoms with E-state index in [0.29, 0.717) is 47.4 Å². The molecule has 1 amide bonds. The van der Waals surface area contributed by atoms with Crippen molar-refractivity contribution in [2.24, 2.45) is 0 Å². The number of allylic oxidation sites excluding steroid dienone is 1. The number of hydrogen-bond donors (Lipinski definition) is 0. The molecule has 4 rings (SSSR count). The Morgan fingerprint density at radius 1 is 1.16 bits per heavy atom. The number of rotatable bonds is 5. The van der Waals surface area contributed by atoms with Crippen molar-refractivity contribution in [2.75, 3.05) is 18.1 Å². The molecule has 0 radical (unpaired) electrons. The fraction of sp³-hybridized carbons (Fsp3) is 0.318. The molecular weight excluding hydrogens is 470 g/mol. The van der Waals surface area contributed by atoms with Crippen LogP contribution in [0.5, 0.6) is 0 Å². The number of hydrogen-bond acceptors (Lipinski definition) is 4. The lowest BCUT2D eigenvalue weighted by atomic mass is 10.1. The number of anilines is 1. The highest BCUT2D eigenvalue weighted by Crippen LogP contribution is 2.40. The van der Waals surface area contributed by atoms with Gasteiger partial charge in [-0.3, -0.25) is 4.90 Å². The zero-order valence-corrected chi connectivity index (χ0v) is 18.4. The molecule has 2 heterocycles. The normalized spacial score (nSPS) is 18.6. The van der Waals surface area contributed by atoms with Gasteiger partial charge in [0.1, 0.15) is 12.4 Å². The molecule has 0 bridgehead atoms. The Morgan fingerprint density at radius 3 is 2.56 bits per heavy atom. The molecule has 5 nitrogen and oxygen atoms in total. The van der Waals surface area contributed by atoms with Crippen LogP contribution in [0, 0.1) is 0 Å². The van der Waals surface area contributed by atoms with Gasteiger partial charge in [0.2, 0.25) is 6.29 Å². The van der Waals surface area contributed by atoms with Gasteiger partial charge in [0.05, 0.1) is 27.8 Å². The monoisotopic (exact) mass is 487 g/mol. The Labute approximate surface area is 192 Å². The number of amides is 1. The standard InChI is InChI=1S/C22H18Cl2F3NO4/c1-2-17-20(13-6-7-16(15(23)10-13)28-8-9-30-21(28)29)32-18(31-17)11-12-4-3-5-14(19(12)24)22(25,26)27/h3-7,10,18H,2,8-9,11H2,1H3. The largest absolute Gasteiger partial charge is 0.455 e. The zero-order valence-electron chi connectivity index (χ0n) is 16.8.